The lowest BCUT2D eigenvalue weighted by atomic mass is 10.3. The second-order valence-electron chi connectivity index (χ2n) is 3.40. The normalized spacial score (nSPS) is 13.5. The third kappa shape index (κ3) is 4.06. The van der Waals surface area contributed by atoms with Crippen LogP contribution < -0.4 is 0 Å². The van der Waals surface area contributed by atoms with Crippen LogP contribution in [0, 0.1) is 0 Å². The fraction of sp³-hybridized carbons (Fsp3) is 0.182. The summed E-state index contributed by atoms with van der Waals surface area (Å²) in [6, 6.07) is 5.99. The van der Waals surface area contributed by atoms with Gasteiger partial charge in [-0.05, 0) is 12.1 Å². The van der Waals surface area contributed by atoms with Crippen LogP contribution in [0.4, 0.5) is 18.9 Å². The Morgan fingerprint density at radius 1 is 1.32 bits per heavy atom. The van der Waals surface area contributed by atoms with Crippen molar-refractivity contribution in [2.45, 2.75) is 13.1 Å². The lowest BCUT2D eigenvalue weighted by molar-refractivity contribution is -0.126. The van der Waals surface area contributed by atoms with Gasteiger partial charge in [0.05, 0.1) is 5.02 Å². The fourth-order valence-corrected chi connectivity index (χ4v) is 1.23. The first kappa shape index (κ1) is 15.2. The van der Waals surface area contributed by atoms with Crippen LogP contribution in [-0.2, 0) is 4.79 Å². The molecule has 0 aliphatic carbocycles. The van der Waals surface area contributed by atoms with Crippen LogP contribution in [-0.4, -0.2) is 17.1 Å². The third-order valence-electron chi connectivity index (χ3n) is 1.94. The van der Waals surface area contributed by atoms with Crippen molar-refractivity contribution in [3.63, 3.8) is 0 Å². The van der Waals surface area contributed by atoms with Crippen molar-refractivity contribution >= 4 is 23.1 Å². The van der Waals surface area contributed by atoms with Gasteiger partial charge in [0.2, 0.25) is 5.76 Å². The standard InChI is InChI=1S/C11H8ClF3N2O2/c1-6(18)9(10(19)11(13,14)15)17-16-8-5-3-2-4-7(8)12/h2-5,19H,1H3/b10-9+,17-16?. The van der Waals surface area contributed by atoms with Crippen LogP contribution >= 0.6 is 11.6 Å². The predicted molar refractivity (Wildman–Crippen MR) is 62.4 cm³/mol. The molecule has 0 atom stereocenters. The molecule has 0 fully saturated rings. The number of Topliss-reactive ketones (excluding diaryl/α,β-unsaturated/α-hetero) is 1. The number of halogens is 4. The molecule has 0 bridgehead atoms. The Balaban J connectivity index is 3.19. The molecule has 0 radical (unpaired) electrons. The number of aliphatic hydroxyl groups is 1. The van der Waals surface area contributed by atoms with Crippen molar-refractivity contribution in [2.75, 3.05) is 0 Å². The van der Waals surface area contributed by atoms with Crippen molar-refractivity contribution in [3.8, 4) is 0 Å². The number of carbonyl (C=O) groups excluding carboxylic acids is 1. The SMILES string of the molecule is CC(=O)/C(N=Nc1ccccc1Cl)=C(\O)C(F)(F)F. The molecule has 0 aliphatic rings. The summed E-state index contributed by atoms with van der Waals surface area (Å²) in [5.74, 6) is -3.15. The number of hydrogen-bond donors (Lipinski definition) is 1. The van der Waals surface area contributed by atoms with Gasteiger partial charge in [-0.3, -0.25) is 4.79 Å². The first-order valence-electron chi connectivity index (χ1n) is 4.91. The number of azo groups is 1. The van der Waals surface area contributed by atoms with Gasteiger partial charge in [0.1, 0.15) is 5.69 Å². The molecule has 1 rings (SSSR count). The van der Waals surface area contributed by atoms with Crippen molar-refractivity contribution in [3.05, 3.63) is 40.7 Å². The summed E-state index contributed by atoms with van der Waals surface area (Å²) >= 11 is 5.72. The molecule has 1 aromatic carbocycles. The molecule has 1 N–H and O–H groups in total. The molecule has 19 heavy (non-hydrogen) atoms. The van der Waals surface area contributed by atoms with E-state index in [2.05, 4.69) is 10.2 Å². The summed E-state index contributed by atoms with van der Waals surface area (Å²) < 4.78 is 36.8. The molecular formula is C11H8ClF3N2O2. The van der Waals surface area contributed by atoms with Crippen LogP contribution in [0.2, 0.25) is 5.02 Å². The highest BCUT2D eigenvalue weighted by molar-refractivity contribution is 6.32. The van der Waals surface area contributed by atoms with Crippen molar-refractivity contribution in [1.82, 2.24) is 0 Å². The highest BCUT2D eigenvalue weighted by Crippen LogP contribution is 2.29. The summed E-state index contributed by atoms with van der Waals surface area (Å²) in [7, 11) is 0. The molecular weight excluding hydrogens is 285 g/mol. The zero-order valence-electron chi connectivity index (χ0n) is 9.57. The Kier molecular flexibility index (Phi) is 4.66. The van der Waals surface area contributed by atoms with Crippen molar-refractivity contribution in [1.29, 1.82) is 0 Å². The molecule has 1 aromatic rings. The number of ketones is 1. The minimum absolute atomic E-state index is 0.0814. The van der Waals surface area contributed by atoms with Gasteiger partial charge in [0.25, 0.3) is 0 Å². The van der Waals surface area contributed by atoms with Crippen LogP contribution in [0.1, 0.15) is 6.92 Å². The highest BCUT2D eigenvalue weighted by Gasteiger charge is 2.38. The lowest BCUT2D eigenvalue weighted by Crippen LogP contribution is -2.16. The zero-order valence-corrected chi connectivity index (χ0v) is 10.3. The Hall–Kier alpha value is -1.89. The minimum Gasteiger partial charge on any atom is -0.503 e. The van der Waals surface area contributed by atoms with E-state index in [1.54, 1.807) is 12.1 Å². The maximum absolute atomic E-state index is 12.3. The Labute approximate surface area is 111 Å². The quantitative estimate of drug-likeness (QED) is 0.511. The minimum atomic E-state index is -5.07. The maximum Gasteiger partial charge on any atom is 0.451 e. The van der Waals surface area contributed by atoms with Crippen LogP contribution in [0.25, 0.3) is 0 Å². The average molecular weight is 293 g/mol. The van der Waals surface area contributed by atoms with Gasteiger partial charge in [-0.1, -0.05) is 23.7 Å². The molecule has 0 heterocycles. The van der Waals surface area contributed by atoms with Gasteiger partial charge in [0, 0.05) is 6.92 Å². The largest absolute Gasteiger partial charge is 0.503 e. The third-order valence-corrected chi connectivity index (χ3v) is 2.26. The second kappa shape index (κ2) is 5.83. The van der Waals surface area contributed by atoms with E-state index in [1.807, 2.05) is 0 Å². The van der Waals surface area contributed by atoms with Gasteiger partial charge >= 0.3 is 6.18 Å². The van der Waals surface area contributed by atoms with E-state index >= 15 is 0 Å². The maximum atomic E-state index is 12.3. The number of nitrogens with zero attached hydrogens (tertiary/aromatic N) is 2. The van der Waals surface area contributed by atoms with Gasteiger partial charge in [-0.2, -0.15) is 13.2 Å². The van der Waals surface area contributed by atoms with Crippen molar-refractivity contribution in [2.24, 2.45) is 10.2 Å². The molecule has 8 heteroatoms. The molecule has 0 saturated carbocycles. The molecule has 102 valence electrons. The second-order valence-corrected chi connectivity index (χ2v) is 3.81. The van der Waals surface area contributed by atoms with Gasteiger partial charge in [-0.25, -0.2) is 0 Å². The molecule has 0 unspecified atom stereocenters. The number of alkyl halides is 3. The van der Waals surface area contributed by atoms with Gasteiger partial charge < -0.3 is 5.11 Å². The summed E-state index contributed by atoms with van der Waals surface area (Å²) in [6.07, 6.45) is -5.07. The number of carbonyl (C=O) groups is 1. The molecule has 0 saturated heterocycles. The van der Waals surface area contributed by atoms with Crippen LogP contribution in [0.3, 0.4) is 0 Å². The van der Waals surface area contributed by atoms with E-state index in [9.17, 15) is 18.0 Å². The molecule has 4 nitrogen and oxygen atoms in total. The van der Waals surface area contributed by atoms with Gasteiger partial charge in [0.15, 0.2) is 11.5 Å². The van der Waals surface area contributed by atoms with E-state index in [0.29, 0.717) is 0 Å². The number of allylic oxidation sites excluding steroid dienone is 2. The number of benzene rings is 1. The molecule has 0 amide bonds. The fourth-order valence-electron chi connectivity index (χ4n) is 1.06. The Bertz CT molecular complexity index is 553. The number of rotatable bonds is 3. The van der Waals surface area contributed by atoms with Crippen molar-refractivity contribution < 1.29 is 23.1 Å². The van der Waals surface area contributed by atoms with E-state index in [-0.39, 0.29) is 10.7 Å². The van der Waals surface area contributed by atoms with Crippen LogP contribution in [0.15, 0.2) is 46.0 Å². The van der Waals surface area contributed by atoms with E-state index in [4.69, 9.17) is 16.7 Å². The topological polar surface area (TPSA) is 62.0 Å². The number of hydrogen-bond acceptors (Lipinski definition) is 4. The molecule has 0 aromatic heterocycles. The van der Waals surface area contributed by atoms with Crippen LogP contribution in [0.5, 0.6) is 0 Å². The number of aliphatic hydroxyl groups excluding tert-OH is 1. The first-order chi connectivity index (χ1) is 8.73. The van der Waals surface area contributed by atoms with E-state index < -0.39 is 23.4 Å². The molecule has 0 aliphatic heterocycles. The summed E-state index contributed by atoms with van der Waals surface area (Å²) in [4.78, 5) is 11.0. The molecule has 0 spiro atoms. The van der Waals surface area contributed by atoms with Gasteiger partial charge in [-0.15, -0.1) is 10.2 Å². The van der Waals surface area contributed by atoms with E-state index in [0.717, 1.165) is 6.92 Å². The van der Waals surface area contributed by atoms with E-state index in [1.165, 1.54) is 12.1 Å². The summed E-state index contributed by atoms with van der Waals surface area (Å²) in [5, 5.41) is 15.6. The highest BCUT2D eigenvalue weighted by atomic mass is 35.5. The summed E-state index contributed by atoms with van der Waals surface area (Å²) in [6.45, 7) is 0.836. The summed E-state index contributed by atoms with van der Waals surface area (Å²) in [5.41, 5.74) is -1.09. The Morgan fingerprint density at radius 2 is 1.89 bits per heavy atom. The lowest BCUT2D eigenvalue weighted by Gasteiger charge is -2.06. The monoisotopic (exact) mass is 292 g/mol. The first-order valence-corrected chi connectivity index (χ1v) is 5.29. The zero-order chi connectivity index (χ0) is 14.6. The Morgan fingerprint density at radius 3 is 2.37 bits per heavy atom. The smallest absolute Gasteiger partial charge is 0.451 e. The average Bonchev–Trinajstić information content (AvgIpc) is 2.29. The predicted octanol–water partition coefficient (Wildman–Crippen LogP) is 4.34.